The van der Waals surface area contributed by atoms with Gasteiger partial charge in [0.2, 0.25) is 0 Å². The summed E-state index contributed by atoms with van der Waals surface area (Å²) in [5.74, 6) is 9.42. The largest absolute Gasteiger partial charge is 0.381 e. The molecule has 0 unspecified atom stereocenters. The Morgan fingerprint density at radius 3 is 2.60 bits per heavy atom. The molecule has 0 amide bonds. The molecule has 8 heteroatoms. The van der Waals surface area contributed by atoms with Crippen LogP contribution in [0.15, 0.2) is 30.5 Å². The molecule has 132 valence electrons. The van der Waals surface area contributed by atoms with Crippen LogP contribution in [0, 0.1) is 5.82 Å². The molecule has 25 heavy (non-hydrogen) atoms. The van der Waals surface area contributed by atoms with Gasteiger partial charge in [0.1, 0.15) is 23.0 Å². The van der Waals surface area contributed by atoms with E-state index >= 15 is 0 Å². The first-order valence-corrected chi connectivity index (χ1v) is 8.09. The van der Waals surface area contributed by atoms with Crippen molar-refractivity contribution in [1.82, 2.24) is 19.5 Å². The van der Waals surface area contributed by atoms with Gasteiger partial charge in [-0.1, -0.05) is 12.1 Å². The number of ether oxygens (including phenoxy) is 1. The standard InChI is InChI=1S/C17H17FN4O.H4N2/c1-22-16(12-4-2-3-5-13(12)18)20-14-10-19-15(21-17(14)22)11-6-8-23-9-7-11;1-2/h2-5,10-11H,6-9H2,1H3;1-2H2. The van der Waals surface area contributed by atoms with Crippen molar-refractivity contribution >= 4 is 11.2 Å². The minimum absolute atomic E-state index is 0.288. The number of halogens is 1. The first-order chi connectivity index (χ1) is 12.2. The number of fused-ring (bicyclic) bond motifs is 1. The molecule has 0 atom stereocenters. The molecule has 1 aliphatic heterocycles. The number of aryl methyl sites for hydroxylation is 1. The summed E-state index contributed by atoms with van der Waals surface area (Å²) in [6, 6.07) is 6.64. The number of benzene rings is 1. The lowest BCUT2D eigenvalue weighted by Gasteiger charge is -2.20. The fourth-order valence-electron chi connectivity index (χ4n) is 3.03. The zero-order valence-corrected chi connectivity index (χ0v) is 14.0. The van der Waals surface area contributed by atoms with E-state index in [1.807, 2.05) is 11.6 Å². The summed E-state index contributed by atoms with van der Waals surface area (Å²) in [4.78, 5) is 13.7. The molecule has 1 fully saturated rings. The maximum atomic E-state index is 14.1. The third kappa shape index (κ3) is 3.37. The van der Waals surface area contributed by atoms with Gasteiger partial charge in [-0.2, -0.15) is 0 Å². The number of hydrogen-bond acceptors (Lipinski definition) is 6. The van der Waals surface area contributed by atoms with E-state index in [-0.39, 0.29) is 5.82 Å². The lowest BCUT2D eigenvalue weighted by molar-refractivity contribution is 0.0836. The Bertz CT molecular complexity index is 859. The molecule has 0 spiro atoms. The number of hydrazine groups is 1. The molecule has 4 N–H and O–H groups in total. The van der Waals surface area contributed by atoms with Gasteiger partial charge < -0.3 is 9.30 Å². The predicted octanol–water partition coefficient (Wildman–Crippen LogP) is 1.88. The molecule has 4 rings (SSSR count). The molecule has 1 saturated heterocycles. The van der Waals surface area contributed by atoms with Gasteiger partial charge in [0.05, 0.1) is 11.8 Å². The molecule has 3 aromatic rings. The highest BCUT2D eigenvalue weighted by atomic mass is 19.1. The van der Waals surface area contributed by atoms with Gasteiger partial charge in [0.15, 0.2) is 5.65 Å². The molecule has 0 saturated carbocycles. The highest BCUT2D eigenvalue weighted by molar-refractivity contribution is 5.76. The van der Waals surface area contributed by atoms with Gasteiger partial charge in [-0.3, -0.25) is 11.7 Å². The van der Waals surface area contributed by atoms with Crippen LogP contribution in [0.1, 0.15) is 24.6 Å². The van der Waals surface area contributed by atoms with Crippen molar-refractivity contribution < 1.29 is 9.13 Å². The van der Waals surface area contributed by atoms with Gasteiger partial charge >= 0.3 is 0 Å². The maximum absolute atomic E-state index is 14.1. The van der Waals surface area contributed by atoms with Gasteiger partial charge in [0.25, 0.3) is 0 Å². The van der Waals surface area contributed by atoms with E-state index in [1.54, 1.807) is 24.4 Å². The van der Waals surface area contributed by atoms with Crippen LogP contribution in [0.25, 0.3) is 22.6 Å². The normalized spacial score (nSPS) is 15.0. The Labute approximate surface area is 144 Å². The molecule has 2 aromatic heterocycles. The maximum Gasteiger partial charge on any atom is 0.163 e. The van der Waals surface area contributed by atoms with E-state index in [1.165, 1.54) is 6.07 Å². The van der Waals surface area contributed by atoms with Crippen molar-refractivity contribution in [3.05, 3.63) is 42.1 Å². The van der Waals surface area contributed by atoms with E-state index in [2.05, 4.69) is 26.6 Å². The summed E-state index contributed by atoms with van der Waals surface area (Å²) in [7, 11) is 1.86. The zero-order valence-electron chi connectivity index (χ0n) is 14.0. The molecular weight excluding hydrogens is 323 g/mol. The minimum Gasteiger partial charge on any atom is -0.381 e. The van der Waals surface area contributed by atoms with Crippen LogP contribution in [0.2, 0.25) is 0 Å². The van der Waals surface area contributed by atoms with Crippen LogP contribution in [0.5, 0.6) is 0 Å². The minimum atomic E-state index is -0.288. The first-order valence-electron chi connectivity index (χ1n) is 8.09. The summed E-state index contributed by atoms with van der Waals surface area (Å²) in [5, 5.41) is 0. The Morgan fingerprint density at radius 2 is 1.88 bits per heavy atom. The molecule has 0 aliphatic carbocycles. The van der Waals surface area contributed by atoms with Crippen LogP contribution >= 0.6 is 0 Å². The lowest BCUT2D eigenvalue weighted by atomic mass is 9.99. The molecule has 1 aromatic carbocycles. The molecular formula is C17H21FN6O. The third-order valence-corrected chi connectivity index (χ3v) is 4.33. The van der Waals surface area contributed by atoms with E-state index in [4.69, 9.17) is 4.74 Å². The summed E-state index contributed by atoms with van der Waals surface area (Å²) in [5.41, 5.74) is 1.89. The number of nitrogens with zero attached hydrogens (tertiary/aromatic N) is 4. The van der Waals surface area contributed by atoms with Crippen molar-refractivity contribution in [2.45, 2.75) is 18.8 Å². The number of nitrogens with two attached hydrogens (primary N) is 2. The Balaban J connectivity index is 0.000000880. The summed E-state index contributed by atoms with van der Waals surface area (Å²) < 4.78 is 21.3. The van der Waals surface area contributed by atoms with Crippen LogP contribution in [-0.4, -0.2) is 32.7 Å². The van der Waals surface area contributed by atoms with E-state index in [0.29, 0.717) is 22.8 Å². The quantitative estimate of drug-likeness (QED) is 0.543. The molecule has 1 aliphatic rings. The van der Waals surface area contributed by atoms with Crippen LogP contribution in [0.4, 0.5) is 4.39 Å². The second-order valence-corrected chi connectivity index (χ2v) is 5.80. The fraction of sp³-hybridized carbons (Fsp3) is 0.353. The number of imidazole rings is 1. The van der Waals surface area contributed by atoms with Crippen molar-refractivity contribution in [2.75, 3.05) is 13.2 Å². The smallest absolute Gasteiger partial charge is 0.163 e. The Hall–Kier alpha value is -2.42. The fourth-order valence-corrected chi connectivity index (χ4v) is 3.03. The summed E-state index contributed by atoms with van der Waals surface area (Å²) in [6.45, 7) is 1.50. The van der Waals surface area contributed by atoms with Crippen LogP contribution in [-0.2, 0) is 11.8 Å². The molecule has 3 heterocycles. The molecule has 0 bridgehead atoms. The Morgan fingerprint density at radius 1 is 1.16 bits per heavy atom. The Kier molecular flexibility index (Phi) is 5.32. The van der Waals surface area contributed by atoms with Crippen molar-refractivity contribution in [3.8, 4) is 11.4 Å². The van der Waals surface area contributed by atoms with Gasteiger partial charge in [-0.15, -0.1) is 0 Å². The predicted molar refractivity (Wildman–Crippen MR) is 92.9 cm³/mol. The highest BCUT2D eigenvalue weighted by Crippen LogP contribution is 2.28. The second-order valence-electron chi connectivity index (χ2n) is 5.80. The first kappa shape index (κ1) is 17.4. The number of aromatic nitrogens is 4. The zero-order chi connectivity index (χ0) is 17.8. The SMILES string of the molecule is Cn1c(-c2ccccc2F)nc2cnc(C3CCOCC3)nc21.NN. The summed E-state index contributed by atoms with van der Waals surface area (Å²) >= 11 is 0. The van der Waals surface area contributed by atoms with Gasteiger partial charge in [-0.05, 0) is 25.0 Å². The molecule has 7 nitrogen and oxygen atoms in total. The van der Waals surface area contributed by atoms with E-state index < -0.39 is 0 Å². The van der Waals surface area contributed by atoms with E-state index in [9.17, 15) is 4.39 Å². The molecule has 0 radical (unpaired) electrons. The second kappa shape index (κ2) is 7.64. The van der Waals surface area contributed by atoms with Crippen molar-refractivity contribution in [3.63, 3.8) is 0 Å². The highest BCUT2D eigenvalue weighted by Gasteiger charge is 2.21. The lowest BCUT2D eigenvalue weighted by Crippen LogP contribution is -2.16. The van der Waals surface area contributed by atoms with Gasteiger partial charge in [-0.25, -0.2) is 19.3 Å². The van der Waals surface area contributed by atoms with Crippen LogP contribution < -0.4 is 11.7 Å². The van der Waals surface area contributed by atoms with Crippen molar-refractivity contribution in [1.29, 1.82) is 0 Å². The monoisotopic (exact) mass is 344 g/mol. The average molecular weight is 344 g/mol. The summed E-state index contributed by atoms with van der Waals surface area (Å²) in [6.07, 6.45) is 3.60. The van der Waals surface area contributed by atoms with E-state index in [0.717, 1.165) is 37.5 Å². The average Bonchev–Trinajstić information content (AvgIpc) is 3.00. The van der Waals surface area contributed by atoms with Crippen LogP contribution in [0.3, 0.4) is 0 Å². The van der Waals surface area contributed by atoms with Gasteiger partial charge in [0, 0.05) is 26.2 Å². The number of hydrogen-bond donors (Lipinski definition) is 2. The third-order valence-electron chi connectivity index (χ3n) is 4.33. The topological polar surface area (TPSA) is 105 Å². The number of rotatable bonds is 2. The van der Waals surface area contributed by atoms with Crippen molar-refractivity contribution in [2.24, 2.45) is 18.7 Å².